The Morgan fingerprint density at radius 3 is 2.82 bits per heavy atom. The molecule has 2 aromatic rings. The number of aryl methyl sites for hydroxylation is 3. The molecule has 6 nitrogen and oxygen atoms in total. The molecule has 0 saturated heterocycles. The summed E-state index contributed by atoms with van der Waals surface area (Å²) in [7, 11) is 0. The van der Waals surface area contributed by atoms with E-state index in [-0.39, 0.29) is 12.5 Å². The number of unbranched alkanes of at least 4 members (excludes halogenated alkanes) is 1. The number of rotatable bonds is 9. The molecule has 1 aromatic heterocycles. The highest BCUT2D eigenvalue weighted by Gasteiger charge is 2.12. The van der Waals surface area contributed by atoms with Crippen LogP contribution in [0.2, 0.25) is 5.15 Å². The van der Waals surface area contributed by atoms with Crippen molar-refractivity contribution in [1.82, 2.24) is 15.2 Å². The minimum atomic E-state index is -0.334. The molecule has 2 rings (SSSR count). The van der Waals surface area contributed by atoms with Crippen LogP contribution in [-0.4, -0.2) is 28.5 Å². The third-order valence-electron chi connectivity index (χ3n) is 4.37. The first-order chi connectivity index (χ1) is 13.3. The first-order valence-corrected chi connectivity index (χ1v) is 9.99. The average Bonchev–Trinajstić information content (AvgIpc) is 2.91. The van der Waals surface area contributed by atoms with Crippen molar-refractivity contribution in [3.63, 3.8) is 0 Å². The molecule has 0 radical (unpaired) electrons. The van der Waals surface area contributed by atoms with Gasteiger partial charge in [-0.3, -0.25) is 9.48 Å². The lowest BCUT2D eigenvalue weighted by Gasteiger charge is -2.14. The van der Waals surface area contributed by atoms with E-state index in [4.69, 9.17) is 16.3 Å². The number of hydrogen-bond donors (Lipinski definition) is 1. The second-order valence-electron chi connectivity index (χ2n) is 7.14. The van der Waals surface area contributed by atoms with E-state index in [1.165, 1.54) is 6.21 Å². The first-order valence-electron chi connectivity index (χ1n) is 9.61. The molecule has 1 amide bonds. The molecule has 7 heteroatoms. The highest BCUT2D eigenvalue weighted by atomic mass is 35.5. The lowest BCUT2D eigenvalue weighted by atomic mass is 10.0. The van der Waals surface area contributed by atoms with Gasteiger partial charge >= 0.3 is 0 Å². The van der Waals surface area contributed by atoms with Crippen molar-refractivity contribution in [2.75, 3.05) is 6.61 Å². The van der Waals surface area contributed by atoms with Gasteiger partial charge in [-0.05, 0) is 43.4 Å². The number of hydrazone groups is 1. The number of ether oxygens (including phenoxy) is 1. The van der Waals surface area contributed by atoms with Crippen LogP contribution in [0.15, 0.2) is 23.3 Å². The molecular weight excluding hydrogens is 376 g/mol. The summed E-state index contributed by atoms with van der Waals surface area (Å²) in [6.45, 7) is 10.8. The van der Waals surface area contributed by atoms with Gasteiger partial charge in [0, 0.05) is 6.54 Å². The fourth-order valence-electron chi connectivity index (χ4n) is 2.76. The van der Waals surface area contributed by atoms with Gasteiger partial charge in [-0.15, -0.1) is 0 Å². The smallest absolute Gasteiger partial charge is 0.277 e. The summed E-state index contributed by atoms with van der Waals surface area (Å²) in [4.78, 5) is 12.1. The third kappa shape index (κ3) is 5.83. The van der Waals surface area contributed by atoms with Gasteiger partial charge in [-0.2, -0.15) is 10.2 Å². The van der Waals surface area contributed by atoms with Crippen molar-refractivity contribution in [3.05, 3.63) is 45.7 Å². The zero-order valence-electron chi connectivity index (χ0n) is 17.3. The summed E-state index contributed by atoms with van der Waals surface area (Å²) in [6, 6.07) is 6.02. The third-order valence-corrected chi connectivity index (χ3v) is 4.76. The van der Waals surface area contributed by atoms with E-state index in [0.29, 0.717) is 16.6 Å². The van der Waals surface area contributed by atoms with E-state index in [9.17, 15) is 4.79 Å². The van der Waals surface area contributed by atoms with Crippen LogP contribution >= 0.6 is 11.6 Å². The van der Waals surface area contributed by atoms with Crippen molar-refractivity contribution in [2.24, 2.45) is 5.10 Å². The molecule has 1 aromatic carbocycles. The number of nitrogens with one attached hydrogen (secondary N) is 1. The predicted molar refractivity (Wildman–Crippen MR) is 113 cm³/mol. The van der Waals surface area contributed by atoms with Crippen molar-refractivity contribution in [1.29, 1.82) is 0 Å². The van der Waals surface area contributed by atoms with Gasteiger partial charge in [-0.1, -0.05) is 50.9 Å². The summed E-state index contributed by atoms with van der Waals surface area (Å²) in [5.74, 6) is 0.705. The monoisotopic (exact) mass is 404 g/mol. The maximum atomic E-state index is 12.1. The van der Waals surface area contributed by atoms with Crippen LogP contribution in [0, 0.1) is 13.8 Å². The Kier molecular flexibility index (Phi) is 8.05. The van der Waals surface area contributed by atoms with E-state index in [1.54, 1.807) is 4.68 Å². The van der Waals surface area contributed by atoms with Crippen molar-refractivity contribution >= 4 is 23.7 Å². The molecule has 0 bridgehead atoms. The summed E-state index contributed by atoms with van der Waals surface area (Å²) >= 11 is 6.36. The SMILES string of the molecule is CCCCn1nc(C)c(/C=N\NC(=O)COc2cc(C)ccc2C(C)C)c1Cl. The van der Waals surface area contributed by atoms with E-state index in [1.807, 2.05) is 32.0 Å². The molecule has 0 atom stereocenters. The van der Waals surface area contributed by atoms with Crippen LogP contribution in [-0.2, 0) is 11.3 Å². The number of amides is 1. The van der Waals surface area contributed by atoms with Crippen LogP contribution in [0.25, 0.3) is 0 Å². The molecule has 0 aliphatic carbocycles. The van der Waals surface area contributed by atoms with Crippen LogP contribution in [0.3, 0.4) is 0 Å². The Labute approximate surface area is 171 Å². The van der Waals surface area contributed by atoms with Gasteiger partial charge in [0.25, 0.3) is 5.91 Å². The van der Waals surface area contributed by atoms with Gasteiger partial charge in [-0.25, -0.2) is 5.43 Å². The van der Waals surface area contributed by atoms with Crippen LogP contribution in [0.4, 0.5) is 0 Å². The van der Waals surface area contributed by atoms with Crippen molar-refractivity contribution < 1.29 is 9.53 Å². The first kappa shape index (κ1) is 22.0. The minimum absolute atomic E-state index is 0.108. The van der Waals surface area contributed by atoms with E-state index in [2.05, 4.69) is 36.4 Å². The topological polar surface area (TPSA) is 68.5 Å². The molecule has 1 N–H and O–H groups in total. The number of aromatic nitrogens is 2. The molecule has 0 unspecified atom stereocenters. The van der Waals surface area contributed by atoms with Gasteiger partial charge in [0.15, 0.2) is 6.61 Å². The molecule has 28 heavy (non-hydrogen) atoms. The van der Waals surface area contributed by atoms with E-state index < -0.39 is 0 Å². The molecule has 1 heterocycles. The standard InChI is InChI=1S/C21H29ClN4O2/c1-6-7-10-26-21(22)18(16(5)25-26)12-23-24-20(27)13-28-19-11-15(4)8-9-17(19)14(2)3/h8-9,11-12,14H,6-7,10,13H2,1-5H3,(H,24,27)/b23-12-. The Morgan fingerprint density at radius 1 is 1.39 bits per heavy atom. The van der Waals surface area contributed by atoms with E-state index >= 15 is 0 Å². The molecule has 0 aliphatic heterocycles. The fourth-order valence-corrected chi connectivity index (χ4v) is 3.07. The number of halogens is 1. The maximum absolute atomic E-state index is 12.1. The highest BCUT2D eigenvalue weighted by molar-refractivity contribution is 6.32. The number of carbonyl (C=O) groups is 1. The molecule has 0 fully saturated rings. The van der Waals surface area contributed by atoms with Crippen LogP contribution in [0.1, 0.15) is 61.9 Å². The number of carbonyl (C=O) groups excluding carboxylic acids is 1. The fraction of sp³-hybridized carbons (Fsp3) is 0.476. The van der Waals surface area contributed by atoms with Gasteiger partial charge in [0.05, 0.1) is 17.5 Å². The van der Waals surface area contributed by atoms with Crippen molar-refractivity contribution in [3.8, 4) is 5.75 Å². The lowest BCUT2D eigenvalue weighted by molar-refractivity contribution is -0.123. The number of hydrogen-bond acceptors (Lipinski definition) is 4. The van der Waals surface area contributed by atoms with E-state index in [0.717, 1.165) is 42.0 Å². The van der Waals surface area contributed by atoms with Crippen LogP contribution < -0.4 is 10.2 Å². The summed E-state index contributed by atoms with van der Waals surface area (Å²) < 4.78 is 7.47. The van der Waals surface area contributed by atoms with Gasteiger partial charge < -0.3 is 4.74 Å². The quantitative estimate of drug-likeness (QED) is 0.490. The van der Waals surface area contributed by atoms with Crippen molar-refractivity contribution in [2.45, 2.75) is 59.9 Å². The minimum Gasteiger partial charge on any atom is -0.483 e. The summed E-state index contributed by atoms with van der Waals surface area (Å²) in [5, 5.41) is 8.94. The number of nitrogens with zero attached hydrogens (tertiary/aromatic N) is 3. The molecule has 0 aliphatic rings. The Bertz CT molecular complexity index is 843. The summed E-state index contributed by atoms with van der Waals surface area (Å²) in [6.07, 6.45) is 3.59. The predicted octanol–water partition coefficient (Wildman–Crippen LogP) is 4.61. The maximum Gasteiger partial charge on any atom is 0.277 e. The Balaban J connectivity index is 1.95. The number of benzene rings is 1. The molecule has 0 saturated carbocycles. The molecule has 0 spiro atoms. The average molecular weight is 405 g/mol. The Hall–Kier alpha value is -2.34. The second kappa shape index (κ2) is 10.3. The zero-order valence-corrected chi connectivity index (χ0v) is 18.0. The summed E-state index contributed by atoms with van der Waals surface area (Å²) in [5.41, 5.74) is 6.12. The second-order valence-corrected chi connectivity index (χ2v) is 7.50. The van der Waals surface area contributed by atoms with Crippen LogP contribution in [0.5, 0.6) is 5.75 Å². The zero-order chi connectivity index (χ0) is 20.7. The highest BCUT2D eigenvalue weighted by Crippen LogP contribution is 2.27. The lowest BCUT2D eigenvalue weighted by Crippen LogP contribution is -2.25. The molecule has 152 valence electrons. The van der Waals surface area contributed by atoms with Gasteiger partial charge in [0.1, 0.15) is 10.9 Å². The Morgan fingerprint density at radius 2 is 2.14 bits per heavy atom. The van der Waals surface area contributed by atoms with Gasteiger partial charge in [0.2, 0.25) is 0 Å². The normalized spacial score (nSPS) is 11.4. The largest absolute Gasteiger partial charge is 0.483 e. The molecular formula is C21H29ClN4O2.